The van der Waals surface area contributed by atoms with Crippen LogP contribution < -0.4 is 0 Å². The molecular formula is C14H22O. The molecule has 1 unspecified atom stereocenters. The van der Waals surface area contributed by atoms with E-state index in [0.29, 0.717) is 6.10 Å². The van der Waals surface area contributed by atoms with E-state index in [9.17, 15) is 0 Å². The third-order valence-corrected chi connectivity index (χ3v) is 2.76. The fraction of sp³-hybridized carbons (Fsp3) is 0.571. The number of hydrogen-bond acceptors (Lipinski definition) is 1. The van der Waals surface area contributed by atoms with Crippen LogP contribution in [0, 0.1) is 5.92 Å². The van der Waals surface area contributed by atoms with Gasteiger partial charge in [0.05, 0.1) is 6.10 Å². The van der Waals surface area contributed by atoms with E-state index in [-0.39, 0.29) is 0 Å². The molecule has 0 radical (unpaired) electrons. The van der Waals surface area contributed by atoms with Crippen LogP contribution in [0.1, 0.15) is 33.6 Å². The number of hydrogen-bond donors (Lipinski definition) is 0. The van der Waals surface area contributed by atoms with Crippen molar-refractivity contribution >= 4 is 0 Å². The van der Waals surface area contributed by atoms with Crippen molar-refractivity contribution in [3.8, 4) is 0 Å². The molecule has 0 amide bonds. The Hall–Kier alpha value is -0.820. The monoisotopic (exact) mass is 206 g/mol. The molecule has 1 aliphatic rings. The largest absolute Gasteiger partial charge is 0.374 e. The Balaban J connectivity index is 2.70. The highest BCUT2D eigenvalue weighted by Crippen LogP contribution is 2.25. The highest BCUT2D eigenvalue weighted by atomic mass is 16.5. The van der Waals surface area contributed by atoms with Gasteiger partial charge in [-0.05, 0) is 38.2 Å². The summed E-state index contributed by atoms with van der Waals surface area (Å²) in [7, 11) is 0. The van der Waals surface area contributed by atoms with Crippen molar-refractivity contribution < 1.29 is 4.74 Å². The minimum Gasteiger partial charge on any atom is -0.374 e. The Labute approximate surface area is 93.5 Å². The maximum absolute atomic E-state index is 5.81. The van der Waals surface area contributed by atoms with Gasteiger partial charge in [-0.2, -0.15) is 0 Å². The Kier molecular flexibility index (Phi) is 5.41. The third kappa shape index (κ3) is 4.05. The van der Waals surface area contributed by atoms with Gasteiger partial charge in [0.15, 0.2) is 0 Å². The minimum atomic E-state index is 0.293. The molecule has 1 aliphatic heterocycles. The first-order valence-corrected chi connectivity index (χ1v) is 5.85. The van der Waals surface area contributed by atoms with Gasteiger partial charge in [0.25, 0.3) is 0 Å². The van der Waals surface area contributed by atoms with Crippen LogP contribution in [0.2, 0.25) is 0 Å². The molecule has 0 bridgehead atoms. The standard InChI is InChI=1S/C14H22O/c1-4-6-8-13(7-5-2)14-11-12(3)9-10-15-14/h4-8,12,14H,9-11H2,1-3H3/b6-4-,7-5-,13-8+/t12?,14-/m0/s1. The topological polar surface area (TPSA) is 9.23 Å². The fourth-order valence-corrected chi connectivity index (χ4v) is 1.87. The van der Waals surface area contributed by atoms with Gasteiger partial charge in [0.2, 0.25) is 0 Å². The van der Waals surface area contributed by atoms with Gasteiger partial charge in [-0.25, -0.2) is 0 Å². The molecule has 84 valence electrons. The first kappa shape index (κ1) is 12.3. The van der Waals surface area contributed by atoms with Crippen molar-refractivity contribution in [2.75, 3.05) is 6.61 Å². The molecule has 1 fully saturated rings. The number of rotatable bonds is 3. The van der Waals surface area contributed by atoms with E-state index in [1.165, 1.54) is 12.0 Å². The summed E-state index contributed by atoms with van der Waals surface area (Å²) >= 11 is 0. The Morgan fingerprint density at radius 3 is 2.67 bits per heavy atom. The number of allylic oxidation sites excluding steroid dienone is 4. The number of ether oxygens (including phenoxy) is 1. The van der Waals surface area contributed by atoms with Crippen molar-refractivity contribution in [3.05, 3.63) is 36.0 Å². The Bertz CT molecular complexity index is 261. The van der Waals surface area contributed by atoms with Crippen molar-refractivity contribution in [2.45, 2.75) is 39.7 Å². The van der Waals surface area contributed by atoms with Gasteiger partial charge in [-0.3, -0.25) is 0 Å². The molecule has 0 aromatic carbocycles. The molecule has 2 atom stereocenters. The van der Waals surface area contributed by atoms with E-state index in [1.54, 1.807) is 0 Å². The van der Waals surface area contributed by atoms with Crippen LogP contribution >= 0.6 is 0 Å². The average molecular weight is 206 g/mol. The second-order valence-corrected chi connectivity index (χ2v) is 4.18. The first-order valence-electron chi connectivity index (χ1n) is 5.85. The van der Waals surface area contributed by atoms with Gasteiger partial charge < -0.3 is 4.74 Å². The molecule has 0 spiro atoms. The van der Waals surface area contributed by atoms with E-state index < -0.39 is 0 Å². The fourth-order valence-electron chi connectivity index (χ4n) is 1.87. The highest BCUT2D eigenvalue weighted by Gasteiger charge is 2.20. The smallest absolute Gasteiger partial charge is 0.0827 e. The van der Waals surface area contributed by atoms with Gasteiger partial charge in [0.1, 0.15) is 0 Å². The molecule has 15 heavy (non-hydrogen) atoms. The molecule has 1 heterocycles. The maximum Gasteiger partial charge on any atom is 0.0827 e. The first-order chi connectivity index (χ1) is 7.27. The van der Waals surface area contributed by atoms with E-state index in [2.05, 4.69) is 44.2 Å². The summed E-state index contributed by atoms with van der Waals surface area (Å²) in [6.07, 6.45) is 13.2. The summed E-state index contributed by atoms with van der Waals surface area (Å²) in [4.78, 5) is 0. The predicted octanol–water partition coefficient (Wildman–Crippen LogP) is 3.88. The van der Waals surface area contributed by atoms with Crippen LogP contribution in [0.25, 0.3) is 0 Å². The summed E-state index contributed by atoms with van der Waals surface area (Å²) < 4.78 is 5.81. The van der Waals surface area contributed by atoms with Crippen LogP contribution in [0.4, 0.5) is 0 Å². The molecule has 1 heteroatoms. The maximum atomic E-state index is 5.81. The van der Waals surface area contributed by atoms with E-state index in [1.807, 2.05) is 6.92 Å². The van der Waals surface area contributed by atoms with Crippen LogP contribution in [0.3, 0.4) is 0 Å². The predicted molar refractivity (Wildman–Crippen MR) is 65.8 cm³/mol. The lowest BCUT2D eigenvalue weighted by Crippen LogP contribution is -2.25. The Morgan fingerprint density at radius 2 is 2.07 bits per heavy atom. The summed E-state index contributed by atoms with van der Waals surface area (Å²) in [6.45, 7) is 7.29. The van der Waals surface area contributed by atoms with Crippen molar-refractivity contribution in [1.29, 1.82) is 0 Å². The quantitative estimate of drug-likeness (QED) is 0.637. The third-order valence-electron chi connectivity index (χ3n) is 2.76. The molecule has 0 saturated carbocycles. The average Bonchev–Trinajstić information content (AvgIpc) is 2.24. The van der Waals surface area contributed by atoms with Gasteiger partial charge in [-0.15, -0.1) is 0 Å². The molecule has 1 rings (SSSR count). The molecule has 0 N–H and O–H groups in total. The summed E-state index contributed by atoms with van der Waals surface area (Å²) in [5.41, 5.74) is 1.29. The van der Waals surface area contributed by atoms with Crippen molar-refractivity contribution in [2.24, 2.45) is 5.92 Å². The van der Waals surface area contributed by atoms with Gasteiger partial charge in [-0.1, -0.05) is 37.3 Å². The molecule has 0 aliphatic carbocycles. The van der Waals surface area contributed by atoms with Crippen LogP contribution in [0.5, 0.6) is 0 Å². The lowest BCUT2D eigenvalue weighted by Gasteiger charge is -2.28. The van der Waals surface area contributed by atoms with E-state index in [0.717, 1.165) is 18.9 Å². The zero-order chi connectivity index (χ0) is 11.1. The Morgan fingerprint density at radius 1 is 1.27 bits per heavy atom. The minimum absolute atomic E-state index is 0.293. The second kappa shape index (κ2) is 6.62. The lowest BCUT2D eigenvalue weighted by atomic mass is 9.93. The van der Waals surface area contributed by atoms with Crippen LogP contribution in [0.15, 0.2) is 36.0 Å². The SMILES string of the molecule is C\C=C/C=C(\C=C/C)[C@@H]1CC(C)CCO1. The normalized spacial score (nSPS) is 29.1. The highest BCUT2D eigenvalue weighted by molar-refractivity contribution is 5.27. The van der Waals surface area contributed by atoms with Crippen LogP contribution in [-0.2, 0) is 4.74 Å². The van der Waals surface area contributed by atoms with Crippen molar-refractivity contribution in [1.82, 2.24) is 0 Å². The van der Waals surface area contributed by atoms with Gasteiger partial charge in [0, 0.05) is 6.61 Å². The molecule has 1 nitrogen and oxygen atoms in total. The zero-order valence-electron chi connectivity index (χ0n) is 10.1. The summed E-state index contributed by atoms with van der Waals surface area (Å²) in [5.74, 6) is 0.781. The van der Waals surface area contributed by atoms with Crippen molar-refractivity contribution in [3.63, 3.8) is 0 Å². The lowest BCUT2D eigenvalue weighted by molar-refractivity contribution is 0.0191. The molecule has 1 saturated heterocycles. The molecule has 0 aromatic rings. The van der Waals surface area contributed by atoms with Crippen LogP contribution in [-0.4, -0.2) is 12.7 Å². The van der Waals surface area contributed by atoms with E-state index in [4.69, 9.17) is 4.74 Å². The molecule has 0 aromatic heterocycles. The summed E-state index contributed by atoms with van der Waals surface area (Å²) in [6, 6.07) is 0. The van der Waals surface area contributed by atoms with E-state index >= 15 is 0 Å². The second-order valence-electron chi connectivity index (χ2n) is 4.18. The zero-order valence-corrected chi connectivity index (χ0v) is 10.1. The molecular weight excluding hydrogens is 184 g/mol. The van der Waals surface area contributed by atoms with Gasteiger partial charge >= 0.3 is 0 Å². The summed E-state index contributed by atoms with van der Waals surface area (Å²) in [5, 5.41) is 0.